The summed E-state index contributed by atoms with van der Waals surface area (Å²) in [6, 6.07) is 47.8. The zero-order valence-electron chi connectivity index (χ0n) is 25.5. The number of para-hydroxylation sites is 1. The highest BCUT2D eigenvalue weighted by atomic mass is 15.0. The first-order valence-corrected chi connectivity index (χ1v) is 15.8. The molecule has 3 heterocycles. The molecule has 0 spiro atoms. The van der Waals surface area contributed by atoms with Gasteiger partial charge in [-0.25, -0.2) is 15.0 Å². The zero-order chi connectivity index (χ0) is 30.6. The summed E-state index contributed by atoms with van der Waals surface area (Å²) < 4.78 is 2.48. The van der Waals surface area contributed by atoms with Gasteiger partial charge in [-0.3, -0.25) is 0 Å². The van der Waals surface area contributed by atoms with E-state index in [1.54, 1.807) is 0 Å². The number of rotatable bonds is 1. The minimum Gasteiger partial charge on any atom is -0.309 e. The van der Waals surface area contributed by atoms with Crippen LogP contribution in [0.15, 0.2) is 133 Å². The lowest BCUT2D eigenvalue weighted by atomic mass is 9.79. The van der Waals surface area contributed by atoms with Gasteiger partial charge in [-0.2, -0.15) is 0 Å². The molecule has 0 atom stereocenters. The Balaban J connectivity index is 1.40. The second-order valence-electron chi connectivity index (χ2n) is 12.9. The average Bonchev–Trinajstić information content (AvgIpc) is 3.57. The van der Waals surface area contributed by atoms with E-state index < -0.39 is 0 Å². The highest BCUT2D eigenvalue weighted by Gasteiger charge is 2.41. The van der Waals surface area contributed by atoms with Crippen LogP contribution in [0.3, 0.4) is 0 Å². The number of nitrogens with zero attached hydrogens (tertiary/aromatic N) is 4. The van der Waals surface area contributed by atoms with Gasteiger partial charge in [0.25, 0.3) is 0 Å². The predicted molar refractivity (Wildman–Crippen MR) is 187 cm³/mol. The number of aromatic nitrogens is 4. The van der Waals surface area contributed by atoms with Crippen LogP contribution in [-0.2, 0) is 5.41 Å². The molecule has 0 amide bonds. The predicted octanol–water partition coefficient (Wildman–Crippen LogP) is 10.3. The Morgan fingerprint density at radius 2 is 1.09 bits per heavy atom. The van der Waals surface area contributed by atoms with Crippen molar-refractivity contribution in [2.45, 2.75) is 19.3 Å². The summed E-state index contributed by atoms with van der Waals surface area (Å²) in [6.07, 6.45) is 0. The van der Waals surface area contributed by atoms with Crippen molar-refractivity contribution in [3.63, 3.8) is 0 Å². The minimum atomic E-state index is -0.331. The Labute approximate surface area is 266 Å². The molecule has 8 aromatic rings. The third-order valence-electron chi connectivity index (χ3n) is 9.91. The maximum absolute atomic E-state index is 5.22. The summed E-state index contributed by atoms with van der Waals surface area (Å²) in [5.41, 5.74) is 13.6. The molecule has 10 rings (SSSR count). The smallest absolute Gasteiger partial charge is 0.164 e. The van der Waals surface area contributed by atoms with Crippen molar-refractivity contribution in [3.8, 4) is 62.1 Å². The number of benzene rings is 6. The summed E-state index contributed by atoms with van der Waals surface area (Å²) in [4.78, 5) is 15.4. The molecule has 216 valence electrons. The zero-order valence-corrected chi connectivity index (χ0v) is 25.5. The average molecular weight is 589 g/mol. The van der Waals surface area contributed by atoms with Gasteiger partial charge in [-0.05, 0) is 57.6 Å². The third-order valence-corrected chi connectivity index (χ3v) is 9.91. The van der Waals surface area contributed by atoms with E-state index in [2.05, 4.69) is 134 Å². The molecule has 0 radical (unpaired) electrons. The van der Waals surface area contributed by atoms with Crippen LogP contribution in [0.4, 0.5) is 0 Å². The molecule has 1 aliphatic carbocycles. The lowest BCUT2D eigenvalue weighted by Crippen LogP contribution is -2.18. The van der Waals surface area contributed by atoms with Gasteiger partial charge in [0.1, 0.15) is 0 Å². The highest BCUT2D eigenvalue weighted by Crippen LogP contribution is 2.55. The molecular formula is C42H28N4. The quantitative estimate of drug-likeness (QED) is 0.192. The molecule has 8 bridgehead atoms. The van der Waals surface area contributed by atoms with E-state index in [-0.39, 0.29) is 5.41 Å². The van der Waals surface area contributed by atoms with E-state index >= 15 is 0 Å². The van der Waals surface area contributed by atoms with Crippen molar-refractivity contribution in [2.24, 2.45) is 0 Å². The van der Waals surface area contributed by atoms with Gasteiger partial charge in [-0.15, -0.1) is 0 Å². The van der Waals surface area contributed by atoms with Crippen LogP contribution >= 0.6 is 0 Å². The van der Waals surface area contributed by atoms with Crippen LogP contribution in [0.5, 0.6) is 0 Å². The first kappa shape index (κ1) is 25.5. The maximum atomic E-state index is 5.22. The van der Waals surface area contributed by atoms with Gasteiger partial charge < -0.3 is 4.57 Å². The van der Waals surface area contributed by atoms with E-state index in [4.69, 9.17) is 15.0 Å². The van der Waals surface area contributed by atoms with Crippen LogP contribution < -0.4 is 0 Å². The van der Waals surface area contributed by atoms with Gasteiger partial charge >= 0.3 is 0 Å². The topological polar surface area (TPSA) is 43.6 Å². The molecule has 4 heteroatoms. The summed E-state index contributed by atoms with van der Waals surface area (Å²) in [6.45, 7) is 4.72. The molecule has 0 unspecified atom stereocenters. The number of hydrogen-bond acceptors (Lipinski definition) is 3. The van der Waals surface area contributed by atoms with Gasteiger partial charge in [-0.1, -0.05) is 123 Å². The molecule has 0 fully saturated rings. The third kappa shape index (κ3) is 3.41. The fourth-order valence-electron chi connectivity index (χ4n) is 7.95. The highest BCUT2D eigenvalue weighted by molar-refractivity contribution is 6.13. The van der Waals surface area contributed by atoms with Gasteiger partial charge in [0.2, 0.25) is 0 Å². The van der Waals surface area contributed by atoms with Crippen molar-refractivity contribution in [3.05, 3.63) is 145 Å². The van der Waals surface area contributed by atoms with Crippen LogP contribution in [0, 0.1) is 0 Å². The SMILES string of the molecule is CC1(C)c2c3cccc2-c2ccc4c5ccccc5n(c4c21)-c1cccc(c1)-c1cccc(c1)-c1nc(-c2ccccc2)nc-3n1. The fourth-order valence-corrected chi connectivity index (χ4v) is 7.95. The largest absolute Gasteiger partial charge is 0.309 e. The normalized spacial score (nSPS) is 13.6. The second-order valence-corrected chi connectivity index (χ2v) is 12.9. The van der Waals surface area contributed by atoms with Gasteiger partial charge in [0, 0.05) is 38.6 Å². The Morgan fingerprint density at radius 1 is 0.457 bits per heavy atom. The Kier molecular flexibility index (Phi) is 5.03. The molecule has 2 aliphatic rings. The van der Waals surface area contributed by atoms with Crippen molar-refractivity contribution < 1.29 is 0 Å². The molecule has 2 aromatic heterocycles. The van der Waals surface area contributed by atoms with E-state index in [1.807, 2.05) is 18.2 Å². The minimum absolute atomic E-state index is 0.331. The Hall–Kier alpha value is -5.87. The molecule has 1 aliphatic heterocycles. The molecule has 0 saturated heterocycles. The van der Waals surface area contributed by atoms with Crippen molar-refractivity contribution >= 4 is 21.8 Å². The van der Waals surface area contributed by atoms with E-state index in [1.165, 1.54) is 44.1 Å². The molecule has 4 nitrogen and oxygen atoms in total. The summed E-state index contributed by atoms with van der Waals surface area (Å²) >= 11 is 0. The summed E-state index contributed by atoms with van der Waals surface area (Å²) in [5.74, 6) is 2.03. The van der Waals surface area contributed by atoms with E-state index in [9.17, 15) is 0 Å². The lowest BCUT2D eigenvalue weighted by molar-refractivity contribution is 0.664. The Morgan fingerprint density at radius 3 is 1.96 bits per heavy atom. The van der Waals surface area contributed by atoms with E-state index in [0.29, 0.717) is 17.5 Å². The van der Waals surface area contributed by atoms with Crippen molar-refractivity contribution in [1.29, 1.82) is 0 Å². The van der Waals surface area contributed by atoms with E-state index in [0.717, 1.165) is 33.5 Å². The van der Waals surface area contributed by atoms with Crippen LogP contribution in [0.2, 0.25) is 0 Å². The summed E-state index contributed by atoms with van der Waals surface area (Å²) in [7, 11) is 0. The molecule has 6 aromatic carbocycles. The molecule has 0 saturated carbocycles. The first-order chi connectivity index (χ1) is 22.6. The van der Waals surface area contributed by atoms with Crippen LogP contribution in [-0.4, -0.2) is 19.5 Å². The van der Waals surface area contributed by atoms with Gasteiger partial charge in [0.15, 0.2) is 17.5 Å². The molecular weight excluding hydrogens is 560 g/mol. The van der Waals surface area contributed by atoms with Crippen molar-refractivity contribution in [2.75, 3.05) is 0 Å². The van der Waals surface area contributed by atoms with Gasteiger partial charge in [0.05, 0.1) is 11.0 Å². The second kappa shape index (κ2) is 9.09. The maximum Gasteiger partial charge on any atom is 0.164 e. The molecule has 46 heavy (non-hydrogen) atoms. The summed E-state index contributed by atoms with van der Waals surface area (Å²) in [5, 5.41) is 2.53. The first-order valence-electron chi connectivity index (χ1n) is 15.8. The fraction of sp³-hybridized carbons (Fsp3) is 0.0714. The Bertz CT molecular complexity index is 2560. The standard InChI is InChI=1S/C42H28N4/c1-42(2)36-31-18-10-19-34(36)41-44-39(25-11-4-3-5-12-25)43-40(45-41)28-15-8-13-26(23-28)27-14-9-16-29(24-27)46-35-20-7-6-17-30(35)33-22-21-32(31)37(42)38(33)46/h3-24H,1-2H3. The van der Waals surface area contributed by atoms with Crippen LogP contribution in [0.1, 0.15) is 25.0 Å². The van der Waals surface area contributed by atoms with Crippen LogP contribution in [0.25, 0.3) is 83.9 Å². The lowest BCUT2D eigenvalue weighted by Gasteiger charge is -2.25. The number of hydrogen-bond donors (Lipinski definition) is 0. The monoisotopic (exact) mass is 588 g/mol. The van der Waals surface area contributed by atoms with Crippen molar-refractivity contribution in [1.82, 2.24) is 19.5 Å². The molecule has 0 N–H and O–H groups in total. The number of fused-ring (bicyclic) bond motifs is 14.